The van der Waals surface area contributed by atoms with Crippen molar-refractivity contribution in [2.24, 2.45) is 0 Å². The molecule has 0 spiro atoms. The summed E-state index contributed by atoms with van der Waals surface area (Å²) in [5.41, 5.74) is 1.48. The van der Waals surface area contributed by atoms with Gasteiger partial charge in [-0.15, -0.1) is 0 Å². The van der Waals surface area contributed by atoms with Gasteiger partial charge in [0.2, 0.25) is 0 Å². The van der Waals surface area contributed by atoms with E-state index in [1.807, 2.05) is 63.2 Å². The molecular formula is C21H23NO4S2. The number of carboxylic acid groups (broad SMARTS) is 1. The number of thiocarbonyl (C=S) groups is 1. The number of rotatable bonds is 2. The summed E-state index contributed by atoms with van der Waals surface area (Å²) in [6.07, 6.45) is -1.28. The van der Waals surface area contributed by atoms with Gasteiger partial charge in [-0.05, 0) is 23.6 Å². The van der Waals surface area contributed by atoms with Crippen LogP contribution in [0.5, 0.6) is 5.75 Å². The number of benzene rings is 2. The van der Waals surface area contributed by atoms with Crippen molar-refractivity contribution in [3.63, 3.8) is 0 Å². The number of amides is 1. The van der Waals surface area contributed by atoms with Crippen molar-refractivity contribution in [2.75, 3.05) is 12.3 Å². The summed E-state index contributed by atoms with van der Waals surface area (Å²) in [7, 11) is 0. The molecule has 28 heavy (non-hydrogen) atoms. The van der Waals surface area contributed by atoms with Crippen LogP contribution in [-0.2, 0) is 5.41 Å². The maximum absolute atomic E-state index is 11.9. The fourth-order valence-electron chi connectivity index (χ4n) is 2.58. The van der Waals surface area contributed by atoms with Crippen LogP contribution in [0.1, 0.15) is 36.7 Å². The van der Waals surface area contributed by atoms with Crippen LogP contribution in [0.4, 0.5) is 4.79 Å². The van der Waals surface area contributed by atoms with Crippen molar-refractivity contribution in [3.05, 3.63) is 65.7 Å². The highest BCUT2D eigenvalue weighted by Crippen LogP contribution is 2.30. The van der Waals surface area contributed by atoms with E-state index in [1.165, 1.54) is 0 Å². The van der Waals surface area contributed by atoms with E-state index in [9.17, 15) is 9.59 Å². The second kappa shape index (κ2) is 9.71. The minimum absolute atomic E-state index is 0.0144. The van der Waals surface area contributed by atoms with Gasteiger partial charge in [0, 0.05) is 23.4 Å². The van der Waals surface area contributed by atoms with Gasteiger partial charge in [0.05, 0.1) is 0 Å². The average molecular weight is 418 g/mol. The lowest BCUT2D eigenvalue weighted by molar-refractivity contribution is 0.0861. The normalized spacial score (nSPS) is 13.5. The van der Waals surface area contributed by atoms with E-state index in [2.05, 4.69) is 4.74 Å². The lowest BCUT2D eigenvalue weighted by Gasteiger charge is -2.21. The van der Waals surface area contributed by atoms with Crippen LogP contribution in [0.2, 0.25) is 0 Å². The molecule has 2 aromatic carbocycles. The van der Waals surface area contributed by atoms with Crippen molar-refractivity contribution in [3.8, 4) is 5.75 Å². The van der Waals surface area contributed by atoms with Gasteiger partial charge in [0.1, 0.15) is 10.1 Å². The van der Waals surface area contributed by atoms with Crippen molar-refractivity contribution in [2.45, 2.75) is 26.2 Å². The zero-order valence-electron chi connectivity index (χ0n) is 16.0. The predicted octanol–water partition coefficient (Wildman–Crippen LogP) is 5.20. The third kappa shape index (κ3) is 6.07. The van der Waals surface area contributed by atoms with Gasteiger partial charge in [-0.1, -0.05) is 81.1 Å². The molecule has 1 N–H and O–H groups in total. The first-order chi connectivity index (χ1) is 13.2. The Bertz CT molecular complexity index is 847. The highest BCUT2D eigenvalue weighted by Gasteiger charge is 2.24. The number of hydrogen-bond donors (Lipinski definition) is 1. The van der Waals surface area contributed by atoms with Crippen molar-refractivity contribution in [1.29, 1.82) is 0 Å². The molecule has 3 rings (SSSR count). The predicted molar refractivity (Wildman–Crippen MR) is 116 cm³/mol. The molecule has 2 aromatic rings. The molecule has 0 saturated carbocycles. The number of thioether (sulfide) groups is 1. The average Bonchev–Trinajstić information content (AvgIpc) is 3.07. The summed E-state index contributed by atoms with van der Waals surface area (Å²) < 4.78 is 5.38. The largest absolute Gasteiger partial charge is 0.511 e. The van der Waals surface area contributed by atoms with Crippen molar-refractivity contribution >= 4 is 40.4 Å². The summed E-state index contributed by atoms with van der Waals surface area (Å²) in [5.74, 6) is 1.34. The zero-order chi connectivity index (χ0) is 20.7. The smallest absolute Gasteiger partial charge is 0.449 e. The molecule has 0 unspecified atom stereocenters. The summed E-state index contributed by atoms with van der Waals surface area (Å²) >= 11 is 6.65. The lowest BCUT2D eigenvalue weighted by atomic mass is 9.86. The molecular weight excluding hydrogens is 394 g/mol. The SMILES string of the molecule is CC(C)(C)c1ccccc1OC(=O)O.O=C(c1ccccc1)N1CCSC1=S. The quantitative estimate of drug-likeness (QED) is 0.411. The minimum atomic E-state index is -1.28. The Hall–Kier alpha value is -2.38. The van der Waals surface area contributed by atoms with Gasteiger partial charge in [0.15, 0.2) is 0 Å². The van der Waals surface area contributed by atoms with Crippen LogP contribution in [-0.4, -0.2) is 38.7 Å². The Kier molecular flexibility index (Phi) is 7.60. The number of ether oxygens (including phenoxy) is 1. The van der Waals surface area contributed by atoms with Crippen LogP contribution >= 0.6 is 24.0 Å². The number of para-hydroxylation sites is 1. The monoisotopic (exact) mass is 417 g/mol. The molecule has 0 radical (unpaired) electrons. The van der Waals surface area contributed by atoms with Gasteiger partial charge in [0.25, 0.3) is 5.91 Å². The summed E-state index contributed by atoms with van der Waals surface area (Å²) in [5, 5.41) is 8.53. The first-order valence-electron chi connectivity index (χ1n) is 8.74. The molecule has 1 heterocycles. The van der Waals surface area contributed by atoms with E-state index in [1.54, 1.807) is 28.8 Å². The van der Waals surface area contributed by atoms with Crippen LogP contribution in [0.15, 0.2) is 54.6 Å². The van der Waals surface area contributed by atoms with Crippen molar-refractivity contribution in [1.82, 2.24) is 4.90 Å². The molecule has 1 aliphatic rings. The van der Waals surface area contributed by atoms with E-state index in [0.29, 0.717) is 15.6 Å². The first-order valence-corrected chi connectivity index (χ1v) is 10.1. The highest BCUT2D eigenvalue weighted by molar-refractivity contribution is 8.23. The molecule has 148 valence electrons. The Labute approximate surface area is 174 Å². The molecule has 7 heteroatoms. The van der Waals surface area contributed by atoms with Crippen LogP contribution in [0, 0.1) is 0 Å². The topological polar surface area (TPSA) is 66.8 Å². The Morgan fingerprint density at radius 1 is 1.07 bits per heavy atom. The van der Waals surface area contributed by atoms with E-state index in [0.717, 1.165) is 17.9 Å². The number of nitrogens with zero attached hydrogens (tertiary/aromatic N) is 1. The van der Waals surface area contributed by atoms with Gasteiger partial charge in [-0.3, -0.25) is 9.69 Å². The van der Waals surface area contributed by atoms with Crippen molar-refractivity contribution < 1.29 is 19.4 Å². The van der Waals surface area contributed by atoms with Gasteiger partial charge in [-0.2, -0.15) is 0 Å². The molecule has 0 aliphatic carbocycles. The molecule has 1 amide bonds. The van der Waals surface area contributed by atoms with E-state index in [-0.39, 0.29) is 11.3 Å². The van der Waals surface area contributed by atoms with E-state index < -0.39 is 6.16 Å². The molecule has 0 bridgehead atoms. The maximum Gasteiger partial charge on any atom is 0.511 e. The van der Waals surface area contributed by atoms with Crippen LogP contribution < -0.4 is 4.74 Å². The fourth-order valence-corrected chi connectivity index (χ4v) is 3.79. The summed E-state index contributed by atoms with van der Waals surface area (Å²) in [4.78, 5) is 24.0. The van der Waals surface area contributed by atoms with E-state index >= 15 is 0 Å². The Morgan fingerprint density at radius 3 is 2.21 bits per heavy atom. The van der Waals surface area contributed by atoms with E-state index in [4.69, 9.17) is 17.3 Å². The number of hydrogen-bond acceptors (Lipinski definition) is 5. The fraction of sp³-hybridized carbons (Fsp3) is 0.286. The number of carbonyl (C=O) groups is 2. The third-order valence-corrected chi connectivity index (χ3v) is 5.35. The molecule has 1 saturated heterocycles. The van der Waals surface area contributed by atoms with Crippen LogP contribution in [0.3, 0.4) is 0 Å². The highest BCUT2D eigenvalue weighted by atomic mass is 32.2. The summed E-state index contributed by atoms with van der Waals surface area (Å²) in [6.45, 7) is 6.77. The second-order valence-electron chi connectivity index (χ2n) is 7.05. The minimum Gasteiger partial charge on any atom is -0.449 e. The standard InChI is InChI=1S/C11H14O3.C10H9NOS2/c1-11(2,3)8-6-4-5-7-9(8)14-10(12)13;12-9(8-4-2-1-3-5-8)11-6-7-14-10(11)13/h4-7H,1-3H3,(H,12,13);1-5H,6-7H2. The maximum atomic E-state index is 11.9. The molecule has 0 aromatic heterocycles. The lowest BCUT2D eigenvalue weighted by Crippen LogP contribution is -2.30. The first kappa shape index (κ1) is 21.9. The molecule has 0 atom stereocenters. The summed E-state index contributed by atoms with van der Waals surface area (Å²) in [6, 6.07) is 16.4. The Morgan fingerprint density at radius 2 is 1.68 bits per heavy atom. The number of carbonyl (C=O) groups excluding carboxylic acids is 1. The Balaban J connectivity index is 0.000000200. The van der Waals surface area contributed by atoms with Gasteiger partial charge >= 0.3 is 6.16 Å². The molecule has 1 aliphatic heterocycles. The van der Waals surface area contributed by atoms with Gasteiger partial charge < -0.3 is 9.84 Å². The van der Waals surface area contributed by atoms with Crippen LogP contribution in [0.25, 0.3) is 0 Å². The third-order valence-electron chi connectivity index (χ3n) is 3.92. The second-order valence-corrected chi connectivity index (χ2v) is 8.78. The molecule has 5 nitrogen and oxygen atoms in total. The molecule has 1 fully saturated rings. The zero-order valence-corrected chi connectivity index (χ0v) is 17.7. The van der Waals surface area contributed by atoms with Gasteiger partial charge in [-0.25, -0.2) is 4.79 Å².